The van der Waals surface area contributed by atoms with Crippen LogP contribution >= 0.6 is 0 Å². The number of nitrogens with zero attached hydrogens (tertiary/aromatic N) is 3. The van der Waals surface area contributed by atoms with Crippen molar-refractivity contribution >= 4 is 21.9 Å². The summed E-state index contributed by atoms with van der Waals surface area (Å²) in [7, 11) is -3.27. The summed E-state index contributed by atoms with van der Waals surface area (Å²) in [6.45, 7) is 7.06. The van der Waals surface area contributed by atoms with Crippen molar-refractivity contribution in [2.24, 2.45) is 0 Å². The van der Waals surface area contributed by atoms with E-state index in [9.17, 15) is 13.2 Å². The van der Waals surface area contributed by atoms with Crippen molar-refractivity contribution in [2.45, 2.75) is 58.0 Å². The van der Waals surface area contributed by atoms with E-state index in [1.165, 1.54) is 21.7 Å². The van der Waals surface area contributed by atoms with E-state index in [4.69, 9.17) is 5.10 Å². The van der Waals surface area contributed by atoms with Gasteiger partial charge in [-0.25, -0.2) is 17.9 Å². The Labute approximate surface area is 212 Å². The first-order chi connectivity index (χ1) is 17.0. The molecule has 3 aromatic rings. The molecule has 2 N–H and O–H groups in total. The molecule has 2 amide bonds. The molecule has 2 heterocycles. The minimum absolute atomic E-state index is 0.0228. The minimum atomic E-state index is -3.27. The molecule has 0 saturated heterocycles. The van der Waals surface area contributed by atoms with E-state index in [1.54, 1.807) is 4.68 Å². The summed E-state index contributed by atoms with van der Waals surface area (Å²) >= 11 is 0. The van der Waals surface area contributed by atoms with Crippen molar-refractivity contribution in [3.8, 4) is 5.69 Å². The Bertz CT molecular complexity index is 1420. The molecule has 0 fully saturated rings. The molecule has 2 aliphatic rings. The fourth-order valence-electron chi connectivity index (χ4n) is 4.98. The van der Waals surface area contributed by atoms with E-state index in [0.717, 1.165) is 35.3 Å². The Balaban J connectivity index is 1.43. The van der Waals surface area contributed by atoms with Crippen molar-refractivity contribution in [3.05, 3.63) is 76.5 Å². The van der Waals surface area contributed by atoms with Crippen molar-refractivity contribution in [1.29, 1.82) is 0 Å². The van der Waals surface area contributed by atoms with Gasteiger partial charge in [0.2, 0.25) is 10.0 Å². The summed E-state index contributed by atoms with van der Waals surface area (Å²) in [5, 5.41) is 11.0. The second-order valence-corrected chi connectivity index (χ2v) is 12.7. The Morgan fingerprint density at radius 1 is 1.03 bits per heavy atom. The summed E-state index contributed by atoms with van der Waals surface area (Å²) in [4.78, 5) is 13.1. The minimum Gasteiger partial charge on any atom is -0.331 e. The lowest BCUT2D eigenvalue weighted by Gasteiger charge is -2.27. The first-order valence-electron chi connectivity index (χ1n) is 12.3. The topological polar surface area (TPSA) is 96.3 Å². The summed E-state index contributed by atoms with van der Waals surface area (Å²) in [6, 6.07) is 15.8. The number of benzene rings is 2. The van der Waals surface area contributed by atoms with Gasteiger partial charge in [-0.15, -0.1) is 0 Å². The number of anilines is 1. The monoisotopic (exact) mass is 507 g/mol. The molecule has 2 aromatic carbocycles. The molecule has 36 heavy (non-hydrogen) atoms. The van der Waals surface area contributed by atoms with Gasteiger partial charge < -0.3 is 5.32 Å². The first kappa shape index (κ1) is 24.5. The molecule has 1 aliphatic heterocycles. The molecular weight excluding hydrogens is 474 g/mol. The maximum Gasteiger partial charge on any atom is 0.320 e. The predicted octanol–water partition coefficient (Wildman–Crippen LogP) is 4.30. The first-order valence-corrected chi connectivity index (χ1v) is 14.2. The fourth-order valence-corrected chi connectivity index (χ4v) is 5.78. The van der Waals surface area contributed by atoms with E-state index in [0.29, 0.717) is 25.3 Å². The maximum atomic E-state index is 13.1. The second-order valence-electron chi connectivity index (χ2n) is 10.8. The SMILES string of the molecule is CC(C)(C)c1cc(NC(=O)N[C@H]2CCc3ccccc32)n(-c2ccc3c(c2)CN(S(C)(=O)=O)CC3)n1. The van der Waals surface area contributed by atoms with Gasteiger partial charge in [0, 0.05) is 24.6 Å². The number of carbonyl (C=O) groups excluding carboxylic acids is 1. The largest absolute Gasteiger partial charge is 0.331 e. The highest BCUT2D eigenvalue weighted by molar-refractivity contribution is 7.88. The lowest BCUT2D eigenvalue weighted by Crippen LogP contribution is -2.35. The van der Waals surface area contributed by atoms with Gasteiger partial charge in [0.15, 0.2) is 0 Å². The molecule has 0 saturated carbocycles. The molecule has 0 radical (unpaired) electrons. The lowest BCUT2D eigenvalue weighted by molar-refractivity contribution is 0.248. The molecule has 1 atom stereocenters. The van der Waals surface area contributed by atoms with Crippen molar-refractivity contribution in [3.63, 3.8) is 0 Å². The summed E-state index contributed by atoms with van der Waals surface area (Å²) in [5.74, 6) is 0.569. The van der Waals surface area contributed by atoms with Gasteiger partial charge in [0.1, 0.15) is 5.82 Å². The van der Waals surface area contributed by atoms with Gasteiger partial charge in [-0.2, -0.15) is 9.40 Å². The standard InChI is InChI=1S/C27H33N5O3S/c1-27(2,3)24-16-25(29-26(33)28-23-12-10-19-7-5-6-8-22(19)23)32(30-24)21-11-9-18-13-14-31(36(4,34)35)17-20(18)15-21/h5-9,11,15-16,23H,10,12-14,17H2,1-4H3,(H2,28,29,33)/t23-/m0/s1. The number of fused-ring (bicyclic) bond motifs is 2. The number of amides is 2. The van der Waals surface area contributed by atoms with Crippen LogP contribution in [0.4, 0.5) is 10.6 Å². The number of hydrogen-bond donors (Lipinski definition) is 2. The van der Waals surface area contributed by atoms with Crippen LogP contribution < -0.4 is 10.6 Å². The molecular formula is C27H33N5O3S. The van der Waals surface area contributed by atoms with E-state index in [-0.39, 0.29) is 17.5 Å². The van der Waals surface area contributed by atoms with Crippen LogP contribution in [0.25, 0.3) is 5.69 Å². The maximum absolute atomic E-state index is 13.1. The molecule has 0 unspecified atom stereocenters. The van der Waals surface area contributed by atoms with Crippen LogP contribution in [0.5, 0.6) is 0 Å². The highest BCUT2D eigenvalue weighted by Gasteiger charge is 2.27. The van der Waals surface area contributed by atoms with Crippen LogP contribution in [0.2, 0.25) is 0 Å². The fraction of sp³-hybridized carbons (Fsp3) is 0.407. The number of carbonyl (C=O) groups is 1. The average molecular weight is 508 g/mol. The third kappa shape index (κ3) is 4.90. The van der Waals surface area contributed by atoms with Gasteiger partial charge in [0.05, 0.1) is 23.7 Å². The quantitative estimate of drug-likeness (QED) is 0.550. The molecule has 0 bridgehead atoms. The third-order valence-corrected chi connectivity index (χ3v) is 8.29. The van der Waals surface area contributed by atoms with E-state index in [1.807, 2.05) is 36.4 Å². The zero-order chi connectivity index (χ0) is 25.7. The second kappa shape index (κ2) is 9.05. The molecule has 0 spiro atoms. The van der Waals surface area contributed by atoms with Crippen molar-refractivity contribution < 1.29 is 13.2 Å². The highest BCUT2D eigenvalue weighted by Crippen LogP contribution is 2.32. The number of urea groups is 1. The third-order valence-electron chi connectivity index (χ3n) is 7.04. The van der Waals surface area contributed by atoms with Crippen LogP contribution in [0.1, 0.15) is 61.2 Å². The zero-order valence-electron chi connectivity index (χ0n) is 21.2. The molecule has 8 nitrogen and oxygen atoms in total. The van der Waals surface area contributed by atoms with Crippen LogP contribution in [0, 0.1) is 0 Å². The summed E-state index contributed by atoms with van der Waals surface area (Å²) < 4.78 is 27.5. The Morgan fingerprint density at radius 2 is 1.81 bits per heavy atom. The molecule has 9 heteroatoms. The molecule has 190 valence electrons. The van der Waals surface area contributed by atoms with Crippen LogP contribution in [0.3, 0.4) is 0 Å². The molecule has 1 aliphatic carbocycles. The summed E-state index contributed by atoms with van der Waals surface area (Å²) in [5.41, 5.74) is 5.94. The molecule has 1 aromatic heterocycles. The normalized spacial score (nSPS) is 17.9. The highest BCUT2D eigenvalue weighted by atomic mass is 32.2. The molecule has 5 rings (SSSR count). The van der Waals surface area contributed by atoms with Crippen LogP contribution in [-0.4, -0.2) is 41.3 Å². The number of sulfonamides is 1. The van der Waals surface area contributed by atoms with Gasteiger partial charge >= 0.3 is 6.03 Å². The number of aromatic nitrogens is 2. The van der Waals surface area contributed by atoms with Crippen LogP contribution in [0.15, 0.2) is 48.5 Å². The van der Waals surface area contributed by atoms with E-state index in [2.05, 4.69) is 43.5 Å². The van der Waals surface area contributed by atoms with Crippen molar-refractivity contribution in [2.75, 3.05) is 18.1 Å². The number of aryl methyl sites for hydroxylation is 1. The Kier molecular flexibility index (Phi) is 6.16. The number of nitrogens with one attached hydrogen (secondary N) is 2. The van der Waals surface area contributed by atoms with Gasteiger partial charge in [0.25, 0.3) is 0 Å². The summed E-state index contributed by atoms with van der Waals surface area (Å²) in [6.07, 6.45) is 3.74. The van der Waals surface area contributed by atoms with Crippen molar-refractivity contribution in [1.82, 2.24) is 19.4 Å². The Morgan fingerprint density at radius 3 is 2.56 bits per heavy atom. The predicted molar refractivity (Wildman–Crippen MR) is 141 cm³/mol. The number of hydrogen-bond acceptors (Lipinski definition) is 4. The average Bonchev–Trinajstić information content (AvgIpc) is 3.42. The zero-order valence-corrected chi connectivity index (χ0v) is 22.0. The number of rotatable bonds is 4. The van der Waals surface area contributed by atoms with Crippen LogP contribution in [-0.2, 0) is 34.8 Å². The van der Waals surface area contributed by atoms with E-state index < -0.39 is 10.0 Å². The Hall–Kier alpha value is -3.17. The lowest BCUT2D eigenvalue weighted by atomic mass is 9.92. The van der Waals surface area contributed by atoms with Gasteiger partial charge in [-0.05, 0) is 53.6 Å². The van der Waals surface area contributed by atoms with E-state index >= 15 is 0 Å². The van der Waals surface area contributed by atoms with Gasteiger partial charge in [-0.3, -0.25) is 5.32 Å². The smallest absolute Gasteiger partial charge is 0.320 e. The van der Waals surface area contributed by atoms with Gasteiger partial charge in [-0.1, -0.05) is 51.1 Å².